The summed E-state index contributed by atoms with van der Waals surface area (Å²) >= 11 is 4.60. The minimum atomic E-state index is -3.70. The molecule has 3 N–H and O–H groups in total. The minimum absolute atomic E-state index is 0.207. The molecule has 104 valence electrons. The number of thiophene rings is 1. The molecule has 20 heavy (non-hydrogen) atoms. The lowest BCUT2D eigenvalue weighted by Gasteiger charge is -2.10. The Morgan fingerprint density at radius 3 is 2.60 bits per heavy atom. The predicted octanol–water partition coefficient (Wildman–Crippen LogP) is 3.07. The third-order valence-corrected chi connectivity index (χ3v) is 5.73. The van der Waals surface area contributed by atoms with Crippen LogP contribution in [0.3, 0.4) is 0 Å². The van der Waals surface area contributed by atoms with E-state index in [1.54, 1.807) is 13.0 Å². The van der Waals surface area contributed by atoms with Crippen LogP contribution in [-0.4, -0.2) is 8.42 Å². The van der Waals surface area contributed by atoms with Gasteiger partial charge >= 0.3 is 0 Å². The highest BCUT2D eigenvalue weighted by Crippen LogP contribution is 2.31. The van der Waals surface area contributed by atoms with E-state index in [4.69, 9.17) is 11.0 Å². The highest BCUT2D eigenvalue weighted by molar-refractivity contribution is 9.11. The molecule has 0 aliphatic carbocycles. The van der Waals surface area contributed by atoms with Gasteiger partial charge in [-0.05, 0) is 47.1 Å². The van der Waals surface area contributed by atoms with Crippen LogP contribution in [-0.2, 0) is 10.0 Å². The Balaban J connectivity index is 2.39. The van der Waals surface area contributed by atoms with Crippen LogP contribution in [0.2, 0.25) is 0 Å². The second-order valence-electron chi connectivity index (χ2n) is 3.99. The zero-order valence-electron chi connectivity index (χ0n) is 10.3. The van der Waals surface area contributed by atoms with Gasteiger partial charge in [-0.3, -0.25) is 4.72 Å². The molecule has 0 aliphatic rings. The predicted molar refractivity (Wildman–Crippen MR) is 83.1 cm³/mol. The third kappa shape index (κ3) is 2.95. The van der Waals surface area contributed by atoms with Crippen molar-refractivity contribution in [1.29, 1.82) is 5.26 Å². The molecule has 2 rings (SSSR count). The lowest BCUT2D eigenvalue weighted by Crippen LogP contribution is -2.14. The molecular formula is C12H10BrN3O2S2. The van der Waals surface area contributed by atoms with Crippen molar-refractivity contribution < 1.29 is 8.42 Å². The molecule has 5 nitrogen and oxygen atoms in total. The minimum Gasteiger partial charge on any atom is -0.397 e. The van der Waals surface area contributed by atoms with E-state index in [1.807, 2.05) is 6.07 Å². The van der Waals surface area contributed by atoms with Gasteiger partial charge in [-0.25, -0.2) is 8.42 Å². The molecule has 0 amide bonds. The fourth-order valence-electron chi connectivity index (χ4n) is 1.62. The lowest BCUT2D eigenvalue weighted by molar-refractivity contribution is 0.601. The number of benzene rings is 1. The van der Waals surface area contributed by atoms with E-state index in [-0.39, 0.29) is 16.3 Å². The molecule has 1 aromatic carbocycles. The van der Waals surface area contributed by atoms with Crippen molar-refractivity contribution in [3.63, 3.8) is 0 Å². The summed E-state index contributed by atoms with van der Waals surface area (Å²) in [6.45, 7) is 1.73. The number of nitrogen functional groups attached to an aromatic ring is 1. The van der Waals surface area contributed by atoms with Gasteiger partial charge in [0.05, 0.1) is 26.8 Å². The number of hydrogen-bond acceptors (Lipinski definition) is 5. The average molecular weight is 372 g/mol. The van der Waals surface area contributed by atoms with E-state index >= 15 is 0 Å². The lowest BCUT2D eigenvalue weighted by atomic mass is 10.2. The Morgan fingerprint density at radius 2 is 2.10 bits per heavy atom. The van der Waals surface area contributed by atoms with Gasteiger partial charge in [-0.2, -0.15) is 5.26 Å². The number of anilines is 2. The van der Waals surface area contributed by atoms with Gasteiger partial charge in [0.15, 0.2) is 0 Å². The zero-order valence-corrected chi connectivity index (χ0v) is 13.6. The van der Waals surface area contributed by atoms with E-state index in [1.165, 1.54) is 29.5 Å². The van der Waals surface area contributed by atoms with Crippen LogP contribution >= 0.6 is 27.3 Å². The Bertz CT molecular complexity index is 807. The maximum Gasteiger partial charge on any atom is 0.263 e. The summed E-state index contributed by atoms with van der Waals surface area (Å²) in [7, 11) is -3.70. The number of rotatable bonds is 3. The quantitative estimate of drug-likeness (QED) is 0.810. The summed E-state index contributed by atoms with van der Waals surface area (Å²) in [5.74, 6) is 0. The van der Waals surface area contributed by atoms with E-state index in [0.717, 1.165) is 3.79 Å². The number of nitrogens with two attached hydrogens (primary N) is 1. The van der Waals surface area contributed by atoms with Crippen molar-refractivity contribution in [2.45, 2.75) is 11.8 Å². The highest BCUT2D eigenvalue weighted by Gasteiger charge is 2.20. The zero-order chi connectivity index (χ0) is 14.9. The number of halogens is 1. The summed E-state index contributed by atoms with van der Waals surface area (Å²) in [6, 6.07) is 7.89. The largest absolute Gasteiger partial charge is 0.397 e. The molecule has 1 heterocycles. The van der Waals surface area contributed by atoms with Gasteiger partial charge in [-0.1, -0.05) is 0 Å². The van der Waals surface area contributed by atoms with E-state index in [9.17, 15) is 8.42 Å². The van der Waals surface area contributed by atoms with E-state index in [0.29, 0.717) is 10.4 Å². The molecule has 1 aromatic heterocycles. The number of sulfonamides is 1. The number of nitrogens with one attached hydrogen (secondary N) is 1. The maximum atomic E-state index is 12.3. The number of nitrogens with zero attached hydrogens (tertiary/aromatic N) is 1. The van der Waals surface area contributed by atoms with Gasteiger partial charge in [0.1, 0.15) is 4.90 Å². The number of hydrogen-bond donors (Lipinski definition) is 2. The normalized spacial score (nSPS) is 11.1. The molecular weight excluding hydrogens is 362 g/mol. The van der Waals surface area contributed by atoms with Crippen LogP contribution in [0.25, 0.3) is 0 Å². The van der Waals surface area contributed by atoms with Crippen LogP contribution in [0.15, 0.2) is 32.9 Å². The van der Waals surface area contributed by atoms with Crippen LogP contribution < -0.4 is 10.5 Å². The highest BCUT2D eigenvalue weighted by atomic mass is 79.9. The maximum absolute atomic E-state index is 12.3. The van der Waals surface area contributed by atoms with Crippen molar-refractivity contribution in [1.82, 2.24) is 0 Å². The van der Waals surface area contributed by atoms with E-state index in [2.05, 4.69) is 20.7 Å². The molecule has 0 saturated carbocycles. The summed E-state index contributed by atoms with van der Waals surface area (Å²) in [6.07, 6.45) is 0. The van der Waals surface area contributed by atoms with Crippen LogP contribution in [0.1, 0.15) is 10.4 Å². The van der Waals surface area contributed by atoms with Crippen molar-refractivity contribution in [3.8, 4) is 6.07 Å². The van der Waals surface area contributed by atoms with Gasteiger partial charge < -0.3 is 5.73 Å². The molecule has 0 saturated heterocycles. The standard InChI is InChI=1S/C12H10BrN3O2S2/c1-7-11(5-12(13)19-7)20(17,18)16-10-3-2-8(6-14)4-9(10)15/h2-5,16H,15H2,1H3. The molecule has 0 fully saturated rings. The molecule has 2 aromatic rings. The Labute approximate surface area is 129 Å². The summed E-state index contributed by atoms with van der Waals surface area (Å²) in [5, 5.41) is 8.75. The van der Waals surface area contributed by atoms with Gasteiger partial charge in [0.2, 0.25) is 0 Å². The van der Waals surface area contributed by atoms with Crippen LogP contribution in [0.5, 0.6) is 0 Å². The second-order valence-corrected chi connectivity index (χ2v) is 8.28. The molecule has 0 spiro atoms. The molecule has 0 bridgehead atoms. The Kier molecular flexibility index (Phi) is 4.04. The summed E-state index contributed by atoms with van der Waals surface area (Å²) in [4.78, 5) is 0.884. The molecule has 0 aliphatic heterocycles. The Hall–Kier alpha value is -1.56. The number of nitriles is 1. The second kappa shape index (κ2) is 5.44. The average Bonchev–Trinajstić information content (AvgIpc) is 2.71. The van der Waals surface area contributed by atoms with Crippen molar-refractivity contribution in [3.05, 3.63) is 38.5 Å². The van der Waals surface area contributed by atoms with E-state index < -0.39 is 10.0 Å². The fourth-order valence-corrected chi connectivity index (χ4v) is 5.13. The first kappa shape index (κ1) is 14.8. The van der Waals surface area contributed by atoms with Crippen molar-refractivity contribution >= 4 is 48.7 Å². The first-order chi connectivity index (χ1) is 9.33. The number of aryl methyl sites for hydroxylation is 1. The molecule has 0 atom stereocenters. The van der Waals surface area contributed by atoms with Gasteiger partial charge in [-0.15, -0.1) is 11.3 Å². The SMILES string of the molecule is Cc1sc(Br)cc1S(=O)(=O)Nc1ccc(C#N)cc1N. The van der Waals surface area contributed by atoms with Crippen LogP contribution in [0, 0.1) is 18.3 Å². The van der Waals surface area contributed by atoms with Gasteiger partial charge in [0, 0.05) is 4.88 Å². The van der Waals surface area contributed by atoms with Crippen molar-refractivity contribution in [2.24, 2.45) is 0 Å². The van der Waals surface area contributed by atoms with Gasteiger partial charge in [0.25, 0.3) is 10.0 Å². The third-order valence-electron chi connectivity index (χ3n) is 2.56. The summed E-state index contributed by atoms with van der Waals surface area (Å²) in [5.41, 5.74) is 6.58. The monoisotopic (exact) mass is 371 g/mol. The first-order valence-electron chi connectivity index (χ1n) is 5.42. The fraction of sp³-hybridized carbons (Fsp3) is 0.0833. The molecule has 0 radical (unpaired) electrons. The first-order valence-corrected chi connectivity index (χ1v) is 8.51. The topological polar surface area (TPSA) is 96.0 Å². The summed E-state index contributed by atoms with van der Waals surface area (Å²) < 4.78 is 27.8. The smallest absolute Gasteiger partial charge is 0.263 e. The molecule has 0 unspecified atom stereocenters. The van der Waals surface area contributed by atoms with Crippen LogP contribution in [0.4, 0.5) is 11.4 Å². The Morgan fingerprint density at radius 1 is 1.40 bits per heavy atom. The van der Waals surface area contributed by atoms with Crippen molar-refractivity contribution in [2.75, 3.05) is 10.5 Å². The molecule has 8 heteroatoms.